The first-order valence-electron chi connectivity index (χ1n) is 9.78. The maximum Gasteiger partial charge on any atom is 0.143 e. The largest absolute Gasteiger partial charge is 0.299 e. The van der Waals surface area contributed by atoms with Gasteiger partial charge in [0.15, 0.2) is 0 Å². The average molecular weight is 315 g/mol. The molecule has 0 radical (unpaired) electrons. The van der Waals surface area contributed by atoms with Crippen LogP contribution in [0.15, 0.2) is 24.3 Å². The summed E-state index contributed by atoms with van der Waals surface area (Å²) < 4.78 is 0. The third kappa shape index (κ3) is 4.05. The molecule has 0 heterocycles. The Bertz CT molecular complexity index is 496. The maximum atomic E-state index is 12.9. The van der Waals surface area contributed by atoms with Crippen molar-refractivity contribution in [3.8, 4) is 0 Å². The molecule has 0 saturated heterocycles. The summed E-state index contributed by atoms with van der Waals surface area (Å²) in [4.78, 5) is 12.9. The van der Waals surface area contributed by atoms with Crippen molar-refractivity contribution in [1.29, 1.82) is 0 Å². The van der Waals surface area contributed by atoms with Gasteiger partial charge >= 0.3 is 0 Å². The normalized spacial score (nSPS) is 18.6. The summed E-state index contributed by atoms with van der Waals surface area (Å²) in [7, 11) is 0. The van der Waals surface area contributed by atoms with Crippen molar-refractivity contribution in [2.24, 2.45) is 0 Å². The summed E-state index contributed by atoms with van der Waals surface area (Å²) in [6.45, 7) is 6.64. The second-order valence-corrected chi connectivity index (χ2v) is 7.40. The predicted molar refractivity (Wildman–Crippen MR) is 99.1 cm³/mol. The van der Waals surface area contributed by atoms with E-state index in [2.05, 4.69) is 38.1 Å². The van der Waals surface area contributed by atoms with Crippen LogP contribution in [-0.2, 0) is 10.2 Å². The lowest BCUT2D eigenvalue weighted by Gasteiger charge is -2.38. The second kappa shape index (κ2) is 8.66. The number of rotatable bonds is 8. The lowest BCUT2D eigenvalue weighted by molar-refractivity contribution is -0.125. The molecule has 1 nitrogen and oxygen atoms in total. The van der Waals surface area contributed by atoms with Gasteiger partial charge in [0, 0.05) is 6.42 Å². The summed E-state index contributed by atoms with van der Waals surface area (Å²) >= 11 is 0. The van der Waals surface area contributed by atoms with Crippen molar-refractivity contribution < 1.29 is 4.79 Å². The Morgan fingerprint density at radius 3 is 2.43 bits per heavy atom. The van der Waals surface area contributed by atoms with Crippen LogP contribution in [0.5, 0.6) is 0 Å². The van der Waals surface area contributed by atoms with Crippen LogP contribution in [0.4, 0.5) is 0 Å². The lowest BCUT2D eigenvalue weighted by atomic mass is 9.64. The summed E-state index contributed by atoms with van der Waals surface area (Å²) in [5.41, 5.74) is 2.60. The number of ketones is 1. The predicted octanol–water partition coefficient (Wildman–Crippen LogP) is 6.55. The Labute approximate surface area is 142 Å². The maximum absolute atomic E-state index is 12.9. The average Bonchev–Trinajstić information content (AvgIpc) is 2.61. The highest BCUT2D eigenvalue weighted by atomic mass is 16.1. The van der Waals surface area contributed by atoms with E-state index in [-0.39, 0.29) is 5.41 Å². The molecule has 1 fully saturated rings. The number of hydrogen-bond donors (Lipinski definition) is 0. The van der Waals surface area contributed by atoms with Gasteiger partial charge in [0.25, 0.3) is 0 Å². The Balaban J connectivity index is 2.34. The zero-order valence-corrected chi connectivity index (χ0v) is 15.4. The highest BCUT2D eigenvalue weighted by Gasteiger charge is 2.41. The van der Waals surface area contributed by atoms with E-state index in [1.54, 1.807) is 0 Å². The molecule has 128 valence electrons. The SMILES string of the molecule is CCCCCC(C)c1ccccc1C1(C(=O)CC)CCCCC1. The minimum atomic E-state index is -0.192. The number of carbonyl (C=O) groups excluding carboxylic acids is 1. The Morgan fingerprint density at radius 2 is 1.78 bits per heavy atom. The first-order valence-corrected chi connectivity index (χ1v) is 9.78. The summed E-state index contributed by atoms with van der Waals surface area (Å²) in [6.07, 6.45) is 11.6. The van der Waals surface area contributed by atoms with Gasteiger partial charge in [0.2, 0.25) is 0 Å². The van der Waals surface area contributed by atoms with Crippen molar-refractivity contribution in [3.05, 3.63) is 35.4 Å². The van der Waals surface area contributed by atoms with Crippen molar-refractivity contribution in [2.45, 2.75) is 96.3 Å². The van der Waals surface area contributed by atoms with E-state index in [9.17, 15) is 4.79 Å². The third-order valence-corrected chi connectivity index (χ3v) is 5.81. The van der Waals surface area contributed by atoms with Gasteiger partial charge in [-0.2, -0.15) is 0 Å². The van der Waals surface area contributed by atoms with Gasteiger partial charge in [0.05, 0.1) is 5.41 Å². The van der Waals surface area contributed by atoms with Crippen molar-refractivity contribution in [3.63, 3.8) is 0 Å². The fourth-order valence-corrected chi connectivity index (χ4v) is 4.41. The van der Waals surface area contributed by atoms with Crippen LogP contribution in [0.1, 0.15) is 102 Å². The first-order chi connectivity index (χ1) is 11.2. The van der Waals surface area contributed by atoms with Gasteiger partial charge in [0.1, 0.15) is 5.78 Å². The van der Waals surface area contributed by atoms with Crippen LogP contribution in [-0.4, -0.2) is 5.78 Å². The van der Waals surface area contributed by atoms with Crippen LogP contribution < -0.4 is 0 Å². The molecule has 0 aromatic heterocycles. The van der Waals surface area contributed by atoms with Crippen LogP contribution in [0, 0.1) is 0 Å². The monoisotopic (exact) mass is 314 g/mol. The Morgan fingerprint density at radius 1 is 1.09 bits per heavy atom. The van der Waals surface area contributed by atoms with E-state index in [4.69, 9.17) is 0 Å². The van der Waals surface area contributed by atoms with E-state index < -0.39 is 0 Å². The fraction of sp³-hybridized carbons (Fsp3) is 0.682. The van der Waals surface area contributed by atoms with Crippen molar-refractivity contribution >= 4 is 5.78 Å². The minimum absolute atomic E-state index is 0.192. The quantitative estimate of drug-likeness (QED) is 0.497. The lowest BCUT2D eigenvalue weighted by Crippen LogP contribution is -2.38. The number of unbranched alkanes of at least 4 members (excludes halogenated alkanes) is 2. The second-order valence-electron chi connectivity index (χ2n) is 7.40. The van der Waals surface area contributed by atoms with Gasteiger partial charge in [-0.15, -0.1) is 0 Å². The smallest absolute Gasteiger partial charge is 0.143 e. The molecule has 0 amide bonds. The summed E-state index contributed by atoms with van der Waals surface area (Å²) in [6, 6.07) is 8.83. The van der Waals surface area contributed by atoms with Crippen LogP contribution in [0.2, 0.25) is 0 Å². The van der Waals surface area contributed by atoms with Crippen LogP contribution in [0.25, 0.3) is 0 Å². The fourth-order valence-electron chi connectivity index (χ4n) is 4.41. The summed E-state index contributed by atoms with van der Waals surface area (Å²) in [5.74, 6) is 1.02. The molecule has 0 bridgehead atoms. The Kier molecular flexibility index (Phi) is 6.87. The molecule has 0 aliphatic heterocycles. The molecule has 1 aliphatic carbocycles. The summed E-state index contributed by atoms with van der Waals surface area (Å²) in [5, 5.41) is 0. The first kappa shape index (κ1) is 18.2. The molecule has 1 aromatic rings. The molecule has 1 aromatic carbocycles. The Hall–Kier alpha value is -1.11. The molecule has 1 saturated carbocycles. The van der Waals surface area contributed by atoms with Gasteiger partial charge in [-0.1, -0.05) is 83.6 Å². The van der Waals surface area contributed by atoms with Gasteiger partial charge in [-0.3, -0.25) is 4.79 Å². The number of hydrogen-bond acceptors (Lipinski definition) is 1. The van der Waals surface area contributed by atoms with Crippen LogP contribution >= 0.6 is 0 Å². The molecule has 1 unspecified atom stereocenters. The molecule has 23 heavy (non-hydrogen) atoms. The molecule has 1 heteroatoms. The highest BCUT2D eigenvalue weighted by molar-refractivity contribution is 5.90. The van der Waals surface area contributed by atoms with E-state index in [1.165, 1.54) is 56.1 Å². The molecule has 1 atom stereocenters. The van der Waals surface area contributed by atoms with Gasteiger partial charge < -0.3 is 0 Å². The van der Waals surface area contributed by atoms with Gasteiger partial charge in [-0.25, -0.2) is 0 Å². The minimum Gasteiger partial charge on any atom is -0.299 e. The number of Topliss-reactive ketones (excluding diaryl/α,β-unsaturated/α-hetero) is 1. The van der Waals surface area contributed by atoms with Crippen molar-refractivity contribution in [2.75, 3.05) is 0 Å². The highest BCUT2D eigenvalue weighted by Crippen LogP contribution is 2.44. The van der Waals surface area contributed by atoms with E-state index in [0.717, 1.165) is 12.8 Å². The van der Waals surface area contributed by atoms with Crippen molar-refractivity contribution in [1.82, 2.24) is 0 Å². The number of benzene rings is 1. The number of carbonyl (C=O) groups is 1. The van der Waals surface area contributed by atoms with E-state index in [1.807, 2.05) is 6.92 Å². The molecular weight excluding hydrogens is 280 g/mol. The van der Waals surface area contributed by atoms with Crippen LogP contribution in [0.3, 0.4) is 0 Å². The molecule has 1 aliphatic rings. The topological polar surface area (TPSA) is 17.1 Å². The van der Waals surface area contributed by atoms with E-state index >= 15 is 0 Å². The van der Waals surface area contributed by atoms with E-state index in [0.29, 0.717) is 18.1 Å². The van der Waals surface area contributed by atoms with Gasteiger partial charge in [-0.05, 0) is 36.3 Å². The molecular formula is C22H34O. The zero-order chi connectivity index (χ0) is 16.7. The zero-order valence-electron chi connectivity index (χ0n) is 15.4. The molecule has 0 N–H and O–H groups in total. The molecule has 0 spiro atoms. The third-order valence-electron chi connectivity index (χ3n) is 5.81. The molecule has 2 rings (SSSR count). The standard InChI is InChI=1S/C22H34O/c1-4-6-8-13-18(3)19-14-9-10-15-20(19)22(21(23)5-2)16-11-7-12-17-22/h9-10,14-15,18H,4-8,11-13,16-17H2,1-3H3.